The fourth-order valence-corrected chi connectivity index (χ4v) is 2.93. The molecule has 0 bridgehead atoms. The zero-order valence-corrected chi connectivity index (χ0v) is 12.4. The number of hydrogen-bond acceptors (Lipinski definition) is 1. The minimum absolute atomic E-state index is 0.149. The van der Waals surface area contributed by atoms with E-state index in [2.05, 4.69) is 33.0 Å². The highest BCUT2D eigenvalue weighted by molar-refractivity contribution is 6.17. The van der Waals surface area contributed by atoms with Crippen molar-refractivity contribution in [3.8, 4) is 0 Å². The molecule has 2 nitrogen and oxygen atoms in total. The molecule has 1 N–H and O–H groups in total. The molecule has 3 heteroatoms. The number of amides is 1. The smallest absolute Gasteiger partial charge is 0.224 e. The van der Waals surface area contributed by atoms with Crippen LogP contribution in [-0.2, 0) is 4.79 Å². The molecule has 0 aromatic heterocycles. The molecule has 1 rings (SSSR count). The maximum absolute atomic E-state index is 12.0. The molecule has 1 saturated carbocycles. The molecular formula is C14H26ClNO. The second-order valence-electron chi connectivity index (χ2n) is 6.27. The summed E-state index contributed by atoms with van der Waals surface area (Å²) in [6.07, 6.45) is 4.47. The fraction of sp³-hybridized carbons (Fsp3) is 0.929. The summed E-state index contributed by atoms with van der Waals surface area (Å²) in [7, 11) is 0. The number of alkyl halides is 1. The van der Waals surface area contributed by atoms with Crippen molar-refractivity contribution in [3.05, 3.63) is 0 Å². The predicted molar refractivity (Wildman–Crippen MR) is 73.2 cm³/mol. The normalized spacial score (nSPS) is 21.2. The monoisotopic (exact) mass is 259 g/mol. The molecule has 0 aliphatic heterocycles. The van der Waals surface area contributed by atoms with Gasteiger partial charge in [-0.25, -0.2) is 0 Å². The molecule has 1 aliphatic rings. The van der Waals surface area contributed by atoms with E-state index in [-0.39, 0.29) is 22.7 Å². The minimum atomic E-state index is 0.149. The zero-order valence-electron chi connectivity index (χ0n) is 11.6. The Labute approximate surface area is 110 Å². The van der Waals surface area contributed by atoms with E-state index in [1.807, 2.05) is 0 Å². The van der Waals surface area contributed by atoms with Crippen LogP contribution in [0.15, 0.2) is 0 Å². The van der Waals surface area contributed by atoms with Gasteiger partial charge in [-0.1, -0.05) is 40.5 Å². The van der Waals surface area contributed by atoms with Crippen LogP contribution in [0.4, 0.5) is 0 Å². The van der Waals surface area contributed by atoms with E-state index in [0.717, 1.165) is 31.7 Å². The van der Waals surface area contributed by atoms with Gasteiger partial charge in [0.25, 0.3) is 0 Å². The van der Waals surface area contributed by atoms with Gasteiger partial charge in [0.2, 0.25) is 5.91 Å². The standard InChI is InChI=1S/C14H26ClNO/c1-13(2)11(14(13,3)4)12(17)16-10-8-6-5-7-9-15/h11H,5-10H2,1-4H3,(H,16,17). The predicted octanol–water partition coefficient (Wildman–Crippen LogP) is 3.58. The quantitative estimate of drug-likeness (QED) is 0.550. The number of halogens is 1. The first-order valence-corrected chi connectivity index (χ1v) is 7.23. The maximum Gasteiger partial charge on any atom is 0.224 e. The molecule has 0 heterocycles. The lowest BCUT2D eigenvalue weighted by Crippen LogP contribution is -2.28. The molecule has 0 aromatic carbocycles. The summed E-state index contributed by atoms with van der Waals surface area (Å²) in [5.74, 6) is 1.16. The molecule has 1 amide bonds. The first-order valence-electron chi connectivity index (χ1n) is 6.69. The minimum Gasteiger partial charge on any atom is -0.356 e. The highest BCUT2D eigenvalue weighted by Gasteiger charge is 2.68. The van der Waals surface area contributed by atoms with Crippen LogP contribution in [0.3, 0.4) is 0 Å². The van der Waals surface area contributed by atoms with Crippen LogP contribution in [0, 0.1) is 16.7 Å². The van der Waals surface area contributed by atoms with Gasteiger partial charge in [-0.05, 0) is 23.7 Å². The molecule has 0 atom stereocenters. The van der Waals surface area contributed by atoms with Gasteiger partial charge >= 0.3 is 0 Å². The molecule has 0 saturated heterocycles. The topological polar surface area (TPSA) is 29.1 Å². The van der Waals surface area contributed by atoms with Crippen LogP contribution in [0.2, 0.25) is 0 Å². The third kappa shape index (κ3) is 3.15. The van der Waals surface area contributed by atoms with Crippen molar-refractivity contribution in [1.29, 1.82) is 0 Å². The van der Waals surface area contributed by atoms with Gasteiger partial charge in [-0.15, -0.1) is 11.6 Å². The summed E-state index contributed by atoms with van der Waals surface area (Å²) in [6, 6.07) is 0. The van der Waals surface area contributed by atoms with Crippen molar-refractivity contribution in [2.75, 3.05) is 12.4 Å². The second-order valence-corrected chi connectivity index (χ2v) is 6.65. The lowest BCUT2D eigenvalue weighted by Gasteiger charge is -2.06. The fourth-order valence-electron chi connectivity index (χ4n) is 2.74. The number of carbonyl (C=O) groups excluding carboxylic acids is 1. The van der Waals surface area contributed by atoms with Crippen molar-refractivity contribution in [1.82, 2.24) is 5.32 Å². The summed E-state index contributed by atoms with van der Waals surface area (Å²) in [5.41, 5.74) is 0.297. The van der Waals surface area contributed by atoms with E-state index in [1.165, 1.54) is 6.42 Å². The second kappa shape index (κ2) is 5.60. The number of unbranched alkanes of at least 4 members (excludes halogenated alkanes) is 3. The maximum atomic E-state index is 12.0. The van der Waals surface area contributed by atoms with Gasteiger partial charge < -0.3 is 5.32 Å². The van der Waals surface area contributed by atoms with Gasteiger partial charge in [-0.3, -0.25) is 4.79 Å². The van der Waals surface area contributed by atoms with Gasteiger partial charge in [0.1, 0.15) is 0 Å². The van der Waals surface area contributed by atoms with Crippen LogP contribution < -0.4 is 5.32 Å². The molecule has 1 aliphatic carbocycles. The van der Waals surface area contributed by atoms with Crippen molar-refractivity contribution in [2.24, 2.45) is 16.7 Å². The largest absolute Gasteiger partial charge is 0.356 e. The third-order valence-corrected chi connectivity index (χ3v) is 4.91. The Morgan fingerprint density at radius 3 is 2.06 bits per heavy atom. The first-order chi connectivity index (χ1) is 7.85. The van der Waals surface area contributed by atoms with Crippen molar-refractivity contribution in [2.45, 2.75) is 53.4 Å². The van der Waals surface area contributed by atoms with E-state index < -0.39 is 0 Å². The Bertz CT molecular complexity index is 259. The molecule has 100 valence electrons. The molecule has 17 heavy (non-hydrogen) atoms. The molecular weight excluding hydrogens is 234 g/mol. The molecule has 0 unspecified atom stereocenters. The van der Waals surface area contributed by atoms with Crippen LogP contribution in [-0.4, -0.2) is 18.3 Å². The third-order valence-electron chi connectivity index (χ3n) is 4.64. The highest BCUT2D eigenvalue weighted by atomic mass is 35.5. The lowest BCUT2D eigenvalue weighted by atomic mass is 10.0. The van der Waals surface area contributed by atoms with Gasteiger partial charge in [0, 0.05) is 18.3 Å². The zero-order chi connectivity index (χ0) is 13.1. The Hall–Kier alpha value is -0.240. The van der Waals surface area contributed by atoms with Crippen molar-refractivity contribution >= 4 is 17.5 Å². The Morgan fingerprint density at radius 1 is 1.06 bits per heavy atom. The highest BCUT2D eigenvalue weighted by Crippen LogP contribution is 2.68. The number of rotatable bonds is 7. The Kier molecular flexibility index (Phi) is 4.88. The molecule has 0 aromatic rings. The van der Waals surface area contributed by atoms with E-state index in [4.69, 9.17) is 11.6 Å². The molecule has 1 fully saturated rings. The first kappa shape index (κ1) is 14.8. The van der Waals surface area contributed by atoms with Crippen molar-refractivity contribution < 1.29 is 4.79 Å². The van der Waals surface area contributed by atoms with Crippen LogP contribution in [0.1, 0.15) is 53.4 Å². The average molecular weight is 260 g/mol. The molecule has 0 spiro atoms. The molecule has 0 radical (unpaired) electrons. The van der Waals surface area contributed by atoms with Crippen LogP contribution >= 0.6 is 11.6 Å². The van der Waals surface area contributed by atoms with E-state index >= 15 is 0 Å². The average Bonchev–Trinajstić information content (AvgIpc) is 2.63. The number of nitrogens with one attached hydrogen (secondary N) is 1. The lowest BCUT2D eigenvalue weighted by molar-refractivity contribution is -0.123. The van der Waals surface area contributed by atoms with E-state index in [1.54, 1.807) is 0 Å². The summed E-state index contributed by atoms with van der Waals surface area (Å²) in [5, 5.41) is 3.06. The summed E-state index contributed by atoms with van der Waals surface area (Å²) < 4.78 is 0. The Morgan fingerprint density at radius 2 is 1.59 bits per heavy atom. The summed E-state index contributed by atoms with van der Waals surface area (Å²) in [4.78, 5) is 12.0. The summed E-state index contributed by atoms with van der Waals surface area (Å²) >= 11 is 5.61. The van der Waals surface area contributed by atoms with E-state index in [9.17, 15) is 4.79 Å². The number of hydrogen-bond donors (Lipinski definition) is 1. The van der Waals surface area contributed by atoms with Crippen molar-refractivity contribution in [3.63, 3.8) is 0 Å². The van der Waals surface area contributed by atoms with Gasteiger partial charge in [0.05, 0.1) is 0 Å². The summed E-state index contributed by atoms with van der Waals surface area (Å²) in [6.45, 7) is 9.52. The van der Waals surface area contributed by atoms with E-state index in [0.29, 0.717) is 0 Å². The van der Waals surface area contributed by atoms with Crippen LogP contribution in [0.25, 0.3) is 0 Å². The number of carbonyl (C=O) groups is 1. The van der Waals surface area contributed by atoms with Crippen LogP contribution in [0.5, 0.6) is 0 Å². The SMILES string of the molecule is CC1(C)C(C(=O)NCCCCCCCl)C1(C)C. The van der Waals surface area contributed by atoms with Gasteiger partial charge in [-0.2, -0.15) is 0 Å². The van der Waals surface area contributed by atoms with Gasteiger partial charge in [0.15, 0.2) is 0 Å². The Balaban J connectivity index is 2.15.